The van der Waals surface area contributed by atoms with E-state index in [4.69, 9.17) is 82.6 Å². The second-order valence-corrected chi connectivity index (χ2v) is 54.7. The first-order chi connectivity index (χ1) is 24.4. The van der Waals surface area contributed by atoms with Crippen LogP contribution in [0.3, 0.4) is 0 Å². The Hall–Kier alpha value is 2.67. The molecule has 4 rings (SSSR count). The molecular formula is C17H60O20Si16. The summed E-state index contributed by atoms with van der Waals surface area (Å²) in [5, 5.41) is 0. The van der Waals surface area contributed by atoms with Crippen molar-refractivity contribution in [2.24, 2.45) is 0 Å². The molecule has 6 bridgehead atoms. The Balaban J connectivity index is 2.18. The summed E-state index contributed by atoms with van der Waals surface area (Å²) in [6.07, 6.45) is -0.569. The first kappa shape index (κ1) is 48.3. The van der Waals surface area contributed by atoms with Crippen molar-refractivity contribution >= 4 is 147 Å². The van der Waals surface area contributed by atoms with Crippen LogP contribution in [0.4, 0.5) is 0 Å². The van der Waals surface area contributed by atoms with E-state index in [1.165, 1.54) is 0 Å². The van der Waals surface area contributed by atoms with Crippen molar-refractivity contribution in [2.75, 3.05) is 0 Å². The zero-order valence-corrected chi connectivity index (χ0v) is 51.6. The van der Waals surface area contributed by atoms with E-state index in [1.807, 2.05) is 91.7 Å². The number of hydrogen-bond acceptors (Lipinski definition) is 20. The first-order valence-electron chi connectivity index (χ1n) is 18.0. The van der Waals surface area contributed by atoms with Crippen molar-refractivity contribution in [1.29, 1.82) is 0 Å². The van der Waals surface area contributed by atoms with E-state index in [0.717, 1.165) is 0 Å². The molecule has 4 heterocycles. The lowest BCUT2D eigenvalue weighted by Crippen LogP contribution is -2.87. The van der Waals surface area contributed by atoms with Crippen LogP contribution in [0.15, 0.2) is 0 Å². The summed E-state index contributed by atoms with van der Waals surface area (Å²) in [7, 11) is -51.1. The van der Waals surface area contributed by atoms with Gasteiger partial charge >= 0.3 is 63.3 Å². The summed E-state index contributed by atoms with van der Waals surface area (Å²) in [5.74, 6) is 0. The van der Waals surface area contributed by atoms with Crippen molar-refractivity contribution in [3.63, 3.8) is 0 Å². The molecule has 4 aliphatic rings. The summed E-state index contributed by atoms with van der Waals surface area (Å²) < 4.78 is 136. The molecule has 0 amide bonds. The van der Waals surface area contributed by atoms with Crippen molar-refractivity contribution in [2.45, 2.75) is 112 Å². The highest BCUT2D eigenvalue weighted by Crippen LogP contribution is 2.46. The van der Waals surface area contributed by atoms with Gasteiger partial charge in [0.05, 0.1) is 0 Å². The van der Waals surface area contributed by atoms with Crippen LogP contribution in [0.25, 0.3) is 0 Å². The molecule has 0 aromatic heterocycles. The van der Waals surface area contributed by atoms with Gasteiger partial charge in [0.2, 0.25) is 0 Å². The monoisotopic (exact) mass is 1030 g/mol. The largest absolute Gasteiger partial charge is 0.662 e. The highest BCUT2D eigenvalue weighted by atomic mass is 28.7. The number of hydrogen-bond donors (Lipinski definition) is 0. The third kappa shape index (κ3) is 13.3. The predicted octanol–water partition coefficient (Wildman–Crippen LogP) is -1.29. The van der Waals surface area contributed by atoms with Gasteiger partial charge in [-0.25, -0.2) is 0 Å². The van der Waals surface area contributed by atoms with Crippen LogP contribution in [-0.4, -0.2) is 153 Å². The van der Waals surface area contributed by atoms with E-state index in [-0.39, 0.29) is 0 Å². The maximum atomic E-state index is 7.10. The average molecular weight is 1030 g/mol. The second kappa shape index (κ2) is 19.2. The minimum Gasteiger partial charge on any atom is -0.444 e. The Kier molecular flexibility index (Phi) is 17.5. The molecule has 7 atom stereocenters. The van der Waals surface area contributed by atoms with Gasteiger partial charge in [0, 0.05) is 6.10 Å². The van der Waals surface area contributed by atoms with Crippen LogP contribution in [0, 0.1) is 0 Å². The molecule has 0 spiro atoms. The Morgan fingerprint density at radius 1 is 0.415 bits per heavy atom. The lowest BCUT2D eigenvalue weighted by atomic mass is 10.5. The zero-order chi connectivity index (χ0) is 39.7. The first-order valence-corrected chi connectivity index (χ1v) is 51.2. The molecule has 36 heteroatoms. The van der Waals surface area contributed by atoms with E-state index in [1.54, 1.807) is 13.8 Å². The molecule has 0 aromatic carbocycles. The number of rotatable bonds is 18. The Labute approximate surface area is 338 Å². The predicted molar refractivity (Wildman–Crippen MR) is 226 cm³/mol. The van der Waals surface area contributed by atoms with Crippen LogP contribution in [0.1, 0.15) is 13.8 Å². The molecule has 4 saturated heterocycles. The molecule has 4 aliphatic heterocycles. The SMILES string of the molecule is CC(C)O[Si]12O[Si](O[SiH2]O[SiH](C)C)(O[SiH](C)C)O[Si]3(O[SiH](C)C)O[Si]4(O[SiH](C)C)O[SiH2]O[Si](O[SiH](C)C)(O1)O[Si](O[SiH](C)C)(O4)O[Si](O[SiH](C)C)(O2)O3. The molecule has 20 nitrogen and oxygen atoms in total. The lowest BCUT2D eigenvalue weighted by Gasteiger charge is -2.55. The van der Waals surface area contributed by atoms with Gasteiger partial charge < -0.3 is 82.6 Å². The van der Waals surface area contributed by atoms with Crippen molar-refractivity contribution in [1.82, 2.24) is 0 Å². The highest BCUT2D eigenvalue weighted by molar-refractivity contribution is 6.97. The fourth-order valence-electron chi connectivity index (χ4n) is 4.84. The smallest absolute Gasteiger partial charge is 0.444 e. The van der Waals surface area contributed by atoms with Crippen molar-refractivity contribution < 1.29 is 82.6 Å². The van der Waals surface area contributed by atoms with Gasteiger partial charge in [0.25, 0.3) is 20.0 Å². The third-order valence-electron chi connectivity index (χ3n) is 6.02. The summed E-state index contributed by atoms with van der Waals surface area (Å²) in [4.78, 5) is 0. The van der Waals surface area contributed by atoms with Gasteiger partial charge in [0.15, 0.2) is 63.3 Å². The van der Waals surface area contributed by atoms with Crippen LogP contribution in [-0.2, 0) is 82.6 Å². The molecule has 4 fully saturated rings. The Morgan fingerprint density at radius 2 is 0.736 bits per heavy atom. The molecular weight excluding hydrogens is 974 g/mol. The van der Waals surface area contributed by atoms with Crippen LogP contribution < -0.4 is 0 Å². The summed E-state index contributed by atoms with van der Waals surface area (Å²) in [6.45, 7) is 30.9. The van der Waals surface area contributed by atoms with E-state index in [0.29, 0.717) is 0 Å². The summed E-state index contributed by atoms with van der Waals surface area (Å²) in [5.41, 5.74) is 0. The van der Waals surface area contributed by atoms with Gasteiger partial charge in [-0.2, -0.15) is 0 Å². The summed E-state index contributed by atoms with van der Waals surface area (Å²) in [6, 6.07) is 0. The fraction of sp³-hybridized carbons (Fsp3) is 1.00. The molecule has 0 aromatic rings. The van der Waals surface area contributed by atoms with E-state index >= 15 is 0 Å². The van der Waals surface area contributed by atoms with Gasteiger partial charge in [-0.05, 0) is 106 Å². The van der Waals surface area contributed by atoms with Crippen molar-refractivity contribution in [3.8, 4) is 0 Å². The molecule has 7 unspecified atom stereocenters. The topological polar surface area (TPSA) is 185 Å². The Morgan fingerprint density at radius 3 is 1.11 bits per heavy atom. The highest BCUT2D eigenvalue weighted by Gasteiger charge is 2.86. The van der Waals surface area contributed by atoms with Gasteiger partial charge in [-0.15, -0.1) is 0 Å². The van der Waals surface area contributed by atoms with Gasteiger partial charge in [-0.1, -0.05) is 0 Å². The maximum absolute atomic E-state index is 7.10. The lowest BCUT2D eigenvalue weighted by molar-refractivity contribution is -0.105. The third-order valence-corrected chi connectivity index (χ3v) is 51.9. The molecule has 0 radical (unpaired) electrons. The maximum Gasteiger partial charge on any atom is 0.662 e. The average Bonchev–Trinajstić information content (AvgIpc) is 2.86. The second-order valence-electron chi connectivity index (χ2n) is 14.5. The van der Waals surface area contributed by atoms with Gasteiger partial charge in [-0.3, -0.25) is 0 Å². The van der Waals surface area contributed by atoms with Crippen molar-refractivity contribution in [3.05, 3.63) is 0 Å². The van der Waals surface area contributed by atoms with Crippen LogP contribution >= 0.6 is 0 Å². The summed E-state index contributed by atoms with van der Waals surface area (Å²) >= 11 is 0. The Bertz CT molecular complexity index is 1140. The zero-order valence-electron chi connectivity index (χ0n) is 33.7. The standard InChI is InChI=1S/C17H60O20Si16/c1-17(2)18-47-29-48(23-41(5)6,20-38-19-40(3)4)32-52(27-45(13)14)34-50(25-43(9)10)22-39-21-49(30-47,24-42(7)8)33-53(35-50,28-46(15)16)37-51(31-47,36-52)26-44(11)12/h17,40-46H,38-39H2,1-16H3. The minimum absolute atomic E-state index is 0.569. The van der Waals surface area contributed by atoms with E-state index in [9.17, 15) is 0 Å². The fourth-order valence-corrected chi connectivity index (χ4v) is 60.1. The minimum atomic E-state index is -4.84. The molecule has 0 saturated carbocycles. The van der Waals surface area contributed by atoms with Crippen LogP contribution in [0.5, 0.6) is 0 Å². The quantitative estimate of drug-likeness (QED) is 0.148. The molecule has 0 N–H and O–H groups in total. The van der Waals surface area contributed by atoms with E-state index < -0.39 is 153 Å². The molecule has 312 valence electrons. The van der Waals surface area contributed by atoms with Crippen LogP contribution in [0.2, 0.25) is 91.7 Å². The molecule has 53 heavy (non-hydrogen) atoms. The van der Waals surface area contributed by atoms with E-state index in [2.05, 4.69) is 0 Å². The van der Waals surface area contributed by atoms with Gasteiger partial charge in [0.1, 0.15) is 0 Å². The normalized spacial score (nSPS) is 38.7. The molecule has 0 aliphatic carbocycles. The number of fused-ring (bicyclic) bond motifs is 4.